The SMILES string of the molecule is CN=C(NCc1ncc(C(C)(C)C)o1)NC1CCC(SC)C1. The molecule has 2 N–H and O–H groups in total. The van der Waals surface area contributed by atoms with E-state index >= 15 is 0 Å². The van der Waals surface area contributed by atoms with E-state index in [4.69, 9.17) is 4.42 Å². The summed E-state index contributed by atoms with van der Waals surface area (Å²) in [5.41, 5.74) is -0.0120. The maximum Gasteiger partial charge on any atom is 0.213 e. The largest absolute Gasteiger partial charge is 0.443 e. The average molecular weight is 324 g/mol. The van der Waals surface area contributed by atoms with E-state index in [9.17, 15) is 0 Å². The summed E-state index contributed by atoms with van der Waals surface area (Å²) < 4.78 is 5.79. The number of aliphatic imine (C=N–C) groups is 1. The van der Waals surface area contributed by atoms with Crippen LogP contribution < -0.4 is 10.6 Å². The summed E-state index contributed by atoms with van der Waals surface area (Å²) in [7, 11) is 1.80. The number of nitrogens with zero attached hydrogens (tertiary/aromatic N) is 2. The highest BCUT2D eigenvalue weighted by atomic mass is 32.2. The molecule has 0 saturated heterocycles. The molecule has 0 radical (unpaired) electrons. The van der Waals surface area contributed by atoms with Crippen molar-refractivity contribution in [1.29, 1.82) is 0 Å². The van der Waals surface area contributed by atoms with Gasteiger partial charge >= 0.3 is 0 Å². The van der Waals surface area contributed by atoms with Crippen molar-refractivity contribution in [3.05, 3.63) is 17.8 Å². The molecule has 0 aliphatic heterocycles. The number of nitrogens with one attached hydrogen (secondary N) is 2. The second-order valence-electron chi connectivity index (χ2n) is 6.81. The summed E-state index contributed by atoms with van der Waals surface area (Å²) in [5, 5.41) is 7.55. The number of hydrogen-bond acceptors (Lipinski definition) is 4. The normalized spacial score (nSPS) is 22.9. The predicted octanol–water partition coefficient (Wildman–Crippen LogP) is 2.92. The van der Waals surface area contributed by atoms with Crippen molar-refractivity contribution in [2.24, 2.45) is 4.99 Å². The lowest BCUT2D eigenvalue weighted by Crippen LogP contribution is -2.42. The molecule has 2 unspecified atom stereocenters. The Labute approximate surface area is 137 Å². The zero-order valence-electron chi connectivity index (χ0n) is 14.3. The topological polar surface area (TPSA) is 62.5 Å². The van der Waals surface area contributed by atoms with Crippen LogP contribution in [0.3, 0.4) is 0 Å². The molecule has 1 aliphatic carbocycles. The molecule has 2 rings (SSSR count). The number of oxazole rings is 1. The van der Waals surface area contributed by atoms with Gasteiger partial charge in [-0.25, -0.2) is 4.98 Å². The summed E-state index contributed by atoms with van der Waals surface area (Å²) in [6.07, 6.45) is 7.70. The van der Waals surface area contributed by atoms with Crippen molar-refractivity contribution in [1.82, 2.24) is 15.6 Å². The Balaban J connectivity index is 1.83. The van der Waals surface area contributed by atoms with Crippen LogP contribution in [0.4, 0.5) is 0 Å². The second-order valence-corrected chi connectivity index (χ2v) is 7.94. The van der Waals surface area contributed by atoms with Crippen molar-refractivity contribution < 1.29 is 4.42 Å². The standard InChI is InChI=1S/C16H28N4OS/c1-16(2,3)13-9-18-14(21-13)10-19-15(17-4)20-11-6-7-12(8-11)22-5/h9,11-12H,6-8,10H2,1-5H3,(H2,17,19,20). The molecule has 1 heterocycles. The van der Waals surface area contributed by atoms with Gasteiger partial charge < -0.3 is 15.1 Å². The molecular formula is C16H28N4OS. The van der Waals surface area contributed by atoms with Gasteiger partial charge in [-0.3, -0.25) is 4.99 Å². The minimum Gasteiger partial charge on any atom is -0.443 e. The van der Waals surface area contributed by atoms with Gasteiger partial charge in [0, 0.05) is 23.8 Å². The molecule has 124 valence electrons. The second kappa shape index (κ2) is 7.40. The molecule has 6 heteroatoms. The number of rotatable bonds is 4. The molecule has 0 amide bonds. The molecule has 22 heavy (non-hydrogen) atoms. The molecule has 2 atom stereocenters. The van der Waals surface area contributed by atoms with Gasteiger partial charge in [-0.2, -0.15) is 11.8 Å². The number of thioether (sulfide) groups is 1. The van der Waals surface area contributed by atoms with Crippen LogP contribution in [0, 0.1) is 0 Å². The van der Waals surface area contributed by atoms with Crippen molar-refractivity contribution >= 4 is 17.7 Å². The zero-order valence-corrected chi connectivity index (χ0v) is 15.1. The average Bonchev–Trinajstić information content (AvgIpc) is 3.11. The molecule has 1 fully saturated rings. The van der Waals surface area contributed by atoms with Crippen molar-refractivity contribution in [2.75, 3.05) is 13.3 Å². The number of aromatic nitrogens is 1. The van der Waals surface area contributed by atoms with Crippen molar-refractivity contribution in [3.8, 4) is 0 Å². The van der Waals surface area contributed by atoms with E-state index in [-0.39, 0.29) is 5.41 Å². The predicted molar refractivity (Wildman–Crippen MR) is 93.5 cm³/mol. The van der Waals surface area contributed by atoms with Gasteiger partial charge in [0.1, 0.15) is 5.76 Å². The Kier molecular flexibility index (Phi) is 5.78. The Hall–Kier alpha value is -1.17. The molecule has 0 spiro atoms. The summed E-state index contributed by atoms with van der Waals surface area (Å²) in [5.74, 6) is 2.43. The van der Waals surface area contributed by atoms with E-state index < -0.39 is 0 Å². The van der Waals surface area contributed by atoms with Crippen LogP contribution >= 0.6 is 11.8 Å². The first-order valence-corrected chi connectivity index (χ1v) is 9.16. The van der Waals surface area contributed by atoms with Gasteiger partial charge in [-0.1, -0.05) is 20.8 Å². The fourth-order valence-corrected chi connectivity index (χ4v) is 3.37. The lowest BCUT2D eigenvalue weighted by molar-refractivity contribution is 0.379. The molecule has 1 aromatic heterocycles. The molecule has 1 aliphatic rings. The highest BCUT2D eigenvalue weighted by Crippen LogP contribution is 2.28. The van der Waals surface area contributed by atoms with E-state index in [1.807, 2.05) is 18.0 Å². The molecule has 1 aromatic rings. The van der Waals surface area contributed by atoms with E-state index in [1.165, 1.54) is 19.3 Å². The highest BCUT2D eigenvalue weighted by molar-refractivity contribution is 7.99. The van der Waals surface area contributed by atoms with Crippen LogP contribution in [-0.2, 0) is 12.0 Å². The number of guanidine groups is 1. The molecule has 0 bridgehead atoms. The van der Waals surface area contributed by atoms with E-state index in [0.717, 1.165) is 17.0 Å². The summed E-state index contributed by atoms with van der Waals surface area (Å²) in [6, 6.07) is 0.512. The van der Waals surface area contributed by atoms with Crippen molar-refractivity contribution in [3.63, 3.8) is 0 Å². The first kappa shape index (κ1) is 17.2. The molecular weight excluding hydrogens is 296 g/mol. The maximum atomic E-state index is 5.79. The Bertz CT molecular complexity index is 506. The highest BCUT2D eigenvalue weighted by Gasteiger charge is 2.24. The third-order valence-corrected chi connectivity index (χ3v) is 5.08. The van der Waals surface area contributed by atoms with E-state index in [2.05, 4.69) is 47.6 Å². The summed E-state index contributed by atoms with van der Waals surface area (Å²) >= 11 is 1.96. The van der Waals surface area contributed by atoms with Crippen LogP contribution in [0.25, 0.3) is 0 Å². The van der Waals surface area contributed by atoms with Crippen LogP contribution in [0.5, 0.6) is 0 Å². The van der Waals surface area contributed by atoms with E-state index in [0.29, 0.717) is 18.5 Å². The smallest absolute Gasteiger partial charge is 0.213 e. The van der Waals surface area contributed by atoms with Gasteiger partial charge in [0.25, 0.3) is 0 Å². The Morgan fingerprint density at radius 3 is 2.77 bits per heavy atom. The van der Waals surface area contributed by atoms with Crippen LogP contribution in [0.15, 0.2) is 15.6 Å². The van der Waals surface area contributed by atoms with Crippen LogP contribution in [-0.4, -0.2) is 35.5 Å². The van der Waals surface area contributed by atoms with Crippen LogP contribution in [0.1, 0.15) is 51.7 Å². The maximum absolute atomic E-state index is 5.79. The fourth-order valence-electron chi connectivity index (χ4n) is 2.57. The minimum atomic E-state index is -0.0120. The third kappa shape index (κ3) is 4.66. The lowest BCUT2D eigenvalue weighted by atomic mass is 9.94. The first-order valence-electron chi connectivity index (χ1n) is 7.87. The monoisotopic (exact) mass is 324 g/mol. The van der Waals surface area contributed by atoms with E-state index in [1.54, 1.807) is 7.05 Å². The zero-order chi connectivity index (χ0) is 16.2. The van der Waals surface area contributed by atoms with Gasteiger partial charge in [0.2, 0.25) is 5.89 Å². The van der Waals surface area contributed by atoms with Crippen LogP contribution in [0.2, 0.25) is 0 Å². The molecule has 5 nitrogen and oxygen atoms in total. The fraction of sp³-hybridized carbons (Fsp3) is 0.750. The number of hydrogen-bond donors (Lipinski definition) is 2. The van der Waals surface area contributed by atoms with Gasteiger partial charge in [0.05, 0.1) is 12.7 Å². The Morgan fingerprint density at radius 1 is 1.45 bits per heavy atom. The molecule has 0 aromatic carbocycles. The lowest BCUT2D eigenvalue weighted by Gasteiger charge is -2.17. The summed E-state index contributed by atoms with van der Waals surface area (Å²) in [4.78, 5) is 8.62. The summed E-state index contributed by atoms with van der Waals surface area (Å²) in [6.45, 7) is 6.91. The third-order valence-electron chi connectivity index (χ3n) is 3.98. The van der Waals surface area contributed by atoms with Gasteiger partial charge in [-0.15, -0.1) is 0 Å². The first-order chi connectivity index (χ1) is 10.4. The molecule has 1 saturated carbocycles. The minimum absolute atomic E-state index is 0.0120. The van der Waals surface area contributed by atoms with Gasteiger partial charge in [0.15, 0.2) is 5.96 Å². The van der Waals surface area contributed by atoms with Gasteiger partial charge in [-0.05, 0) is 25.5 Å². The van der Waals surface area contributed by atoms with Crippen molar-refractivity contribution in [2.45, 2.75) is 63.3 Å². The quantitative estimate of drug-likeness (QED) is 0.658. The Morgan fingerprint density at radius 2 is 2.23 bits per heavy atom.